The molecule has 1 aliphatic heterocycles. The Balaban J connectivity index is 1.77. The molecule has 0 aliphatic carbocycles. The fourth-order valence-corrected chi connectivity index (χ4v) is 3.04. The molecule has 3 heteroatoms. The molecule has 114 valence electrons. The van der Waals surface area contributed by atoms with Crippen LogP contribution in [0.15, 0.2) is 54.6 Å². The molecule has 1 heterocycles. The van der Waals surface area contributed by atoms with E-state index >= 15 is 0 Å². The highest BCUT2D eigenvalue weighted by molar-refractivity contribution is 5.94. The first-order valence-corrected chi connectivity index (χ1v) is 7.89. The van der Waals surface area contributed by atoms with E-state index in [0.29, 0.717) is 6.54 Å². The molecule has 3 rings (SSSR count). The summed E-state index contributed by atoms with van der Waals surface area (Å²) in [5.41, 5.74) is 3.23. The van der Waals surface area contributed by atoms with Gasteiger partial charge in [-0.15, -0.1) is 0 Å². The third-order valence-electron chi connectivity index (χ3n) is 4.21. The third kappa shape index (κ3) is 3.14. The largest absolute Gasteiger partial charge is 0.371 e. The topological polar surface area (TPSA) is 23.6 Å². The Morgan fingerprint density at radius 1 is 1.00 bits per heavy atom. The van der Waals surface area contributed by atoms with Gasteiger partial charge in [-0.25, -0.2) is 0 Å². The summed E-state index contributed by atoms with van der Waals surface area (Å²) in [6.07, 6.45) is 2.51. The second kappa shape index (κ2) is 6.65. The van der Waals surface area contributed by atoms with Crippen molar-refractivity contribution in [2.24, 2.45) is 0 Å². The molecule has 22 heavy (non-hydrogen) atoms. The molecule has 0 saturated carbocycles. The number of hydrogen-bond acceptors (Lipinski definition) is 2. The molecule has 0 bridgehead atoms. The molecule has 0 unspecified atom stereocenters. The van der Waals surface area contributed by atoms with Crippen LogP contribution in [0, 0.1) is 0 Å². The summed E-state index contributed by atoms with van der Waals surface area (Å²) >= 11 is 0. The van der Waals surface area contributed by atoms with Crippen molar-refractivity contribution in [1.82, 2.24) is 4.90 Å². The van der Waals surface area contributed by atoms with E-state index in [4.69, 9.17) is 0 Å². The minimum Gasteiger partial charge on any atom is -0.371 e. The maximum Gasteiger partial charge on any atom is 0.253 e. The van der Waals surface area contributed by atoms with E-state index in [1.807, 2.05) is 37.4 Å². The molecule has 0 spiro atoms. The number of nitrogens with zero attached hydrogens (tertiary/aromatic N) is 2. The number of carbonyl (C=O) groups is 1. The van der Waals surface area contributed by atoms with Crippen molar-refractivity contribution in [3.63, 3.8) is 0 Å². The van der Waals surface area contributed by atoms with Gasteiger partial charge in [0.2, 0.25) is 0 Å². The zero-order valence-corrected chi connectivity index (χ0v) is 13.0. The lowest BCUT2D eigenvalue weighted by molar-refractivity contribution is 0.0785. The highest BCUT2D eigenvalue weighted by Crippen LogP contribution is 2.25. The minimum atomic E-state index is 0.0665. The molecule has 1 fully saturated rings. The summed E-state index contributed by atoms with van der Waals surface area (Å²) in [6, 6.07) is 17.9. The van der Waals surface area contributed by atoms with Gasteiger partial charge in [0.1, 0.15) is 0 Å². The Hall–Kier alpha value is -2.29. The van der Waals surface area contributed by atoms with Crippen molar-refractivity contribution in [3.05, 3.63) is 65.7 Å². The number of rotatable bonds is 4. The zero-order valence-electron chi connectivity index (χ0n) is 13.0. The summed E-state index contributed by atoms with van der Waals surface area (Å²) in [4.78, 5) is 16.7. The molecule has 0 radical (unpaired) electrons. The van der Waals surface area contributed by atoms with Crippen molar-refractivity contribution in [2.75, 3.05) is 25.0 Å². The quantitative estimate of drug-likeness (QED) is 0.861. The molecular formula is C19H22N2O. The number of para-hydroxylation sites is 1. The third-order valence-corrected chi connectivity index (χ3v) is 4.21. The fraction of sp³-hybridized carbons (Fsp3) is 0.316. The van der Waals surface area contributed by atoms with Gasteiger partial charge in [-0.2, -0.15) is 0 Å². The standard InChI is InChI=1S/C19H22N2O/c1-20(19(22)16-9-3-2-4-10-16)15-17-11-5-6-12-18(17)21-13-7-8-14-21/h2-6,9-12H,7-8,13-15H2,1H3. The van der Waals surface area contributed by atoms with Crippen LogP contribution in [0.25, 0.3) is 0 Å². The summed E-state index contributed by atoms with van der Waals surface area (Å²) in [7, 11) is 1.87. The van der Waals surface area contributed by atoms with E-state index < -0.39 is 0 Å². The first-order valence-electron chi connectivity index (χ1n) is 7.89. The smallest absolute Gasteiger partial charge is 0.253 e. The summed E-state index contributed by atoms with van der Waals surface area (Å²) in [6.45, 7) is 2.88. The Bertz CT molecular complexity index is 633. The maximum absolute atomic E-state index is 12.5. The first-order chi connectivity index (χ1) is 10.8. The summed E-state index contributed by atoms with van der Waals surface area (Å²) < 4.78 is 0. The molecule has 1 aliphatic rings. The Morgan fingerprint density at radius 3 is 2.36 bits per heavy atom. The van der Waals surface area contributed by atoms with Gasteiger partial charge in [0.25, 0.3) is 5.91 Å². The second-order valence-electron chi connectivity index (χ2n) is 5.85. The van der Waals surface area contributed by atoms with Crippen molar-refractivity contribution in [3.8, 4) is 0 Å². The van der Waals surface area contributed by atoms with Gasteiger partial charge >= 0.3 is 0 Å². The van der Waals surface area contributed by atoms with E-state index in [2.05, 4.69) is 29.2 Å². The predicted octanol–water partition coefficient (Wildman–Crippen LogP) is 3.56. The molecule has 3 nitrogen and oxygen atoms in total. The normalized spacial score (nSPS) is 14.1. The van der Waals surface area contributed by atoms with Crippen LogP contribution in [0.4, 0.5) is 5.69 Å². The van der Waals surface area contributed by atoms with Crippen LogP contribution in [0.5, 0.6) is 0 Å². The van der Waals surface area contributed by atoms with Crippen LogP contribution in [0.3, 0.4) is 0 Å². The number of benzene rings is 2. The van der Waals surface area contributed by atoms with Crippen molar-refractivity contribution < 1.29 is 4.79 Å². The van der Waals surface area contributed by atoms with Crippen LogP contribution in [-0.4, -0.2) is 30.9 Å². The van der Waals surface area contributed by atoms with Gasteiger partial charge in [-0.1, -0.05) is 36.4 Å². The average Bonchev–Trinajstić information content (AvgIpc) is 3.10. The van der Waals surface area contributed by atoms with E-state index in [0.717, 1.165) is 18.7 Å². The fourth-order valence-electron chi connectivity index (χ4n) is 3.04. The minimum absolute atomic E-state index is 0.0665. The highest BCUT2D eigenvalue weighted by atomic mass is 16.2. The summed E-state index contributed by atoms with van der Waals surface area (Å²) in [5, 5.41) is 0. The lowest BCUT2D eigenvalue weighted by Crippen LogP contribution is -2.28. The van der Waals surface area contributed by atoms with Crippen molar-refractivity contribution in [2.45, 2.75) is 19.4 Å². The van der Waals surface area contributed by atoms with Crippen LogP contribution in [0.1, 0.15) is 28.8 Å². The predicted molar refractivity (Wildman–Crippen MR) is 90.1 cm³/mol. The lowest BCUT2D eigenvalue weighted by atomic mass is 10.1. The SMILES string of the molecule is CN(Cc1ccccc1N1CCCC1)C(=O)c1ccccc1. The monoisotopic (exact) mass is 294 g/mol. The van der Waals surface area contributed by atoms with Crippen LogP contribution in [-0.2, 0) is 6.54 Å². The lowest BCUT2D eigenvalue weighted by Gasteiger charge is -2.24. The van der Waals surface area contributed by atoms with Crippen molar-refractivity contribution in [1.29, 1.82) is 0 Å². The van der Waals surface area contributed by atoms with E-state index in [9.17, 15) is 4.79 Å². The number of anilines is 1. The number of hydrogen-bond donors (Lipinski definition) is 0. The molecule has 0 aromatic heterocycles. The number of amides is 1. The average molecular weight is 294 g/mol. The van der Waals surface area contributed by atoms with Crippen molar-refractivity contribution >= 4 is 11.6 Å². The van der Waals surface area contributed by atoms with Gasteiger partial charge in [-0.3, -0.25) is 4.79 Å². The van der Waals surface area contributed by atoms with Gasteiger partial charge < -0.3 is 9.80 Å². The van der Waals surface area contributed by atoms with Crippen LogP contribution < -0.4 is 4.90 Å². The molecule has 2 aromatic carbocycles. The van der Waals surface area contributed by atoms with Gasteiger partial charge in [0, 0.05) is 37.9 Å². The van der Waals surface area contributed by atoms with Gasteiger partial charge in [0.15, 0.2) is 0 Å². The Kier molecular flexibility index (Phi) is 4.42. The summed E-state index contributed by atoms with van der Waals surface area (Å²) in [5.74, 6) is 0.0665. The zero-order chi connectivity index (χ0) is 15.4. The molecular weight excluding hydrogens is 272 g/mol. The first kappa shape index (κ1) is 14.6. The van der Waals surface area contributed by atoms with E-state index in [1.54, 1.807) is 4.90 Å². The Labute approximate surface area is 132 Å². The molecule has 0 N–H and O–H groups in total. The second-order valence-corrected chi connectivity index (χ2v) is 5.85. The van der Waals surface area contributed by atoms with Gasteiger partial charge in [0.05, 0.1) is 0 Å². The van der Waals surface area contributed by atoms with Crippen LogP contribution >= 0.6 is 0 Å². The Morgan fingerprint density at radius 2 is 1.64 bits per heavy atom. The molecule has 1 saturated heterocycles. The van der Waals surface area contributed by atoms with E-state index in [-0.39, 0.29) is 5.91 Å². The molecule has 2 aromatic rings. The molecule has 0 atom stereocenters. The molecule has 1 amide bonds. The van der Waals surface area contributed by atoms with Crippen LogP contribution in [0.2, 0.25) is 0 Å². The van der Waals surface area contributed by atoms with E-state index in [1.165, 1.54) is 24.1 Å². The number of carbonyl (C=O) groups excluding carboxylic acids is 1. The maximum atomic E-state index is 12.5. The highest BCUT2D eigenvalue weighted by Gasteiger charge is 2.18. The van der Waals surface area contributed by atoms with Gasteiger partial charge in [-0.05, 0) is 36.6 Å².